The average molecular weight is 273 g/mol. The molecule has 0 saturated carbocycles. The van der Waals surface area contributed by atoms with Crippen molar-refractivity contribution in [3.63, 3.8) is 0 Å². The van der Waals surface area contributed by atoms with Crippen LogP contribution in [-0.2, 0) is 4.79 Å². The molecular formula is C10H15N3O4S. The van der Waals surface area contributed by atoms with Crippen LogP contribution in [0.4, 0.5) is 5.69 Å². The summed E-state index contributed by atoms with van der Waals surface area (Å²) in [4.78, 5) is 21.0. The summed E-state index contributed by atoms with van der Waals surface area (Å²) in [5, 5.41) is 24.1. The lowest BCUT2D eigenvalue weighted by atomic mass is 10.4. The molecule has 0 unspecified atom stereocenters. The van der Waals surface area contributed by atoms with Gasteiger partial charge in [-0.1, -0.05) is 11.8 Å². The van der Waals surface area contributed by atoms with Crippen LogP contribution in [0.3, 0.4) is 0 Å². The molecule has 7 nitrogen and oxygen atoms in total. The highest BCUT2D eigenvalue weighted by Crippen LogP contribution is 2.34. The third kappa shape index (κ3) is 3.22. The number of nitrogens with zero attached hydrogens (tertiary/aromatic N) is 3. The number of aryl methyl sites for hydroxylation is 1. The van der Waals surface area contributed by atoms with Gasteiger partial charge in [0.25, 0.3) is 0 Å². The molecule has 1 aromatic rings. The Morgan fingerprint density at radius 2 is 2.22 bits per heavy atom. The van der Waals surface area contributed by atoms with Gasteiger partial charge in [-0.2, -0.15) is 5.10 Å². The number of nitro groups is 1. The first-order valence-corrected chi connectivity index (χ1v) is 6.41. The van der Waals surface area contributed by atoms with Crippen molar-refractivity contribution in [2.75, 3.05) is 5.75 Å². The lowest BCUT2D eigenvalue weighted by Crippen LogP contribution is -2.06. The Bertz CT molecular complexity index is 470. The molecule has 0 amide bonds. The van der Waals surface area contributed by atoms with Gasteiger partial charge >= 0.3 is 11.7 Å². The zero-order valence-electron chi connectivity index (χ0n) is 10.4. The van der Waals surface area contributed by atoms with Gasteiger partial charge in [0.2, 0.25) is 0 Å². The highest BCUT2D eigenvalue weighted by molar-refractivity contribution is 7.99. The second kappa shape index (κ2) is 5.85. The Balaban J connectivity index is 3.04. The maximum absolute atomic E-state index is 11.0. The van der Waals surface area contributed by atoms with E-state index in [1.54, 1.807) is 11.6 Å². The molecule has 0 bridgehead atoms. The standard InChI is InChI=1S/C10H15N3O4S/c1-6(2)12-10(18-5-4-8(14)15)9(13(16)17)7(3)11-12/h6H,4-5H2,1-3H3,(H,14,15). The molecule has 0 aromatic carbocycles. The second-order valence-electron chi connectivity index (χ2n) is 4.03. The van der Waals surface area contributed by atoms with Crippen molar-refractivity contribution in [3.8, 4) is 0 Å². The van der Waals surface area contributed by atoms with E-state index in [9.17, 15) is 14.9 Å². The SMILES string of the molecule is Cc1nn(C(C)C)c(SCCC(=O)O)c1[N+](=O)[O-]. The van der Waals surface area contributed by atoms with Crippen LogP contribution in [-0.4, -0.2) is 31.5 Å². The highest BCUT2D eigenvalue weighted by Gasteiger charge is 2.26. The van der Waals surface area contributed by atoms with E-state index in [0.717, 1.165) is 11.8 Å². The number of aromatic nitrogens is 2. The molecule has 0 atom stereocenters. The van der Waals surface area contributed by atoms with Crippen molar-refractivity contribution in [2.45, 2.75) is 38.3 Å². The summed E-state index contributed by atoms with van der Waals surface area (Å²) in [6, 6.07) is -0.00951. The van der Waals surface area contributed by atoms with Gasteiger partial charge in [-0.3, -0.25) is 14.9 Å². The monoisotopic (exact) mass is 273 g/mol. The van der Waals surface area contributed by atoms with E-state index in [4.69, 9.17) is 5.11 Å². The number of hydrogen-bond acceptors (Lipinski definition) is 5. The van der Waals surface area contributed by atoms with Gasteiger partial charge in [0.15, 0.2) is 5.03 Å². The number of aliphatic carboxylic acids is 1. The highest BCUT2D eigenvalue weighted by atomic mass is 32.2. The molecule has 0 aliphatic heterocycles. The van der Waals surface area contributed by atoms with Gasteiger partial charge in [-0.15, -0.1) is 0 Å². The lowest BCUT2D eigenvalue weighted by Gasteiger charge is -2.08. The quantitative estimate of drug-likeness (QED) is 0.485. The predicted octanol–water partition coefficient (Wildman–Crippen LogP) is 2.25. The minimum atomic E-state index is -0.919. The lowest BCUT2D eigenvalue weighted by molar-refractivity contribution is -0.388. The van der Waals surface area contributed by atoms with Gasteiger partial charge in [-0.05, 0) is 20.8 Å². The van der Waals surface area contributed by atoms with E-state index in [2.05, 4.69) is 5.10 Å². The summed E-state index contributed by atoms with van der Waals surface area (Å²) in [5.41, 5.74) is 0.325. The van der Waals surface area contributed by atoms with E-state index >= 15 is 0 Å². The van der Waals surface area contributed by atoms with E-state index in [1.165, 1.54) is 0 Å². The molecule has 18 heavy (non-hydrogen) atoms. The van der Waals surface area contributed by atoms with Crippen LogP contribution in [0.1, 0.15) is 32.0 Å². The molecule has 1 heterocycles. The van der Waals surface area contributed by atoms with Crippen LogP contribution < -0.4 is 0 Å². The molecule has 0 aliphatic rings. The van der Waals surface area contributed by atoms with Crippen molar-refractivity contribution >= 4 is 23.4 Å². The zero-order valence-corrected chi connectivity index (χ0v) is 11.2. The van der Waals surface area contributed by atoms with Crippen LogP contribution in [0.2, 0.25) is 0 Å². The maximum Gasteiger partial charge on any atom is 0.323 e. The minimum Gasteiger partial charge on any atom is -0.481 e. The van der Waals surface area contributed by atoms with Crippen LogP contribution in [0.25, 0.3) is 0 Å². The smallest absolute Gasteiger partial charge is 0.323 e. The van der Waals surface area contributed by atoms with Crippen molar-refractivity contribution in [3.05, 3.63) is 15.8 Å². The Morgan fingerprint density at radius 1 is 1.61 bits per heavy atom. The Kier molecular flexibility index (Phi) is 4.71. The van der Waals surface area contributed by atoms with Gasteiger partial charge in [0.1, 0.15) is 5.69 Å². The molecule has 0 radical (unpaired) electrons. The number of rotatable bonds is 6. The Morgan fingerprint density at radius 3 is 2.67 bits per heavy atom. The molecule has 8 heteroatoms. The fourth-order valence-electron chi connectivity index (χ4n) is 1.45. The van der Waals surface area contributed by atoms with Crippen molar-refractivity contribution < 1.29 is 14.8 Å². The topological polar surface area (TPSA) is 98.3 Å². The minimum absolute atomic E-state index is 0.00951. The van der Waals surface area contributed by atoms with Gasteiger partial charge in [-0.25, -0.2) is 4.68 Å². The summed E-state index contributed by atoms with van der Waals surface area (Å²) < 4.78 is 1.57. The van der Waals surface area contributed by atoms with Crippen LogP contribution >= 0.6 is 11.8 Å². The first kappa shape index (κ1) is 14.5. The first-order chi connectivity index (χ1) is 8.34. The van der Waals surface area contributed by atoms with E-state index < -0.39 is 10.9 Å². The molecule has 0 fully saturated rings. The molecule has 0 spiro atoms. The molecule has 0 saturated heterocycles. The van der Waals surface area contributed by atoms with Crippen LogP contribution in [0.15, 0.2) is 5.03 Å². The number of hydrogen-bond donors (Lipinski definition) is 1. The van der Waals surface area contributed by atoms with Crippen molar-refractivity contribution in [1.82, 2.24) is 9.78 Å². The zero-order chi connectivity index (χ0) is 13.9. The van der Waals surface area contributed by atoms with Gasteiger partial charge < -0.3 is 5.11 Å². The predicted molar refractivity (Wildman–Crippen MR) is 67.0 cm³/mol. The van der Waals surface area contributed by atoms with Gasteiger partial charge in [0.05, 0.1) is 11.3 Å². The average Bonchev–Trinajstić information content (AvgIpc) is 2.55. The number of carbonyl (C=O) groups is 1. The Hall–Kier alpha value is -1.57. The van der Waals surface area contributed by atoms with Gasteiger partial charge in [0, 0.05) is 11.8 Å². The summed E-state index contributed by atoms with van der Waals surface area (Å²) >= 11 is 1.16. The third-order valence-electron chi connectivity index (χ3n) is 2.24. The summed E-state index contributed by atoms with van der Waals surface area (Å²) in [7, 11) is 0. The number of carboxylic acids is 1. The summed E-state index contributed by atoms with van der Waals surface area (Å²) in [5.74, 6) is -0.633. The van der Waals surface area contributed by atoms with Crippen LogP contribution in [0, 0.1) is 17.0 Å². The van der Waals surface area contributed by atoms with E-state index in [-0.39, 0.29) is 23.9 Å². The summed E-state index contributed by atoms with van der Waals surface area (Å²) in [6.07, 6.45) is -0.0376. The van der Waals surface area contributed by atoms with Crippen LogP contribution in [0.5, 0.6) is 0 Å². The molecule has 100 valence electrons. The number of carboxylic acid groups (broad SMARTS) is 1. The number of thioether (sulfide) groups is 1. The molecular weight excluding hydrogens is 258 g/mol. The van der Waals surface area contributed by atoms with E-state index in [1.807, 2.05) is 13.8 Å². The molecule has 1 rings (SSSR count). The summed E-state index contributed by atoms with van der Waals surface area (Å²) in [6.45, 7) is 5.33. The Labute approximate surface area is 108 Å². The fourth-order valence-corrected chi connectivity index (χ4v) is 2.66. The molecule has 1 aromatic heterocycles. The normalized spacial score (nSPS) is 10.9. The van der Waals surface area contributed by atoms with Crippen molar-refractivity contribution in [1.29, 1.82) is 0 Å². The first-order valence-electron chi connectivity index (χ1n) is 5.42. The maximum atomic E-state index is 11.0. The largest absolute Gasteiger partial charge is 0.481 e. The van der Waals surface area contributed by atoms with Crippen molar-refractivity contribution in [2.24, 2.45) is 0 Å². The third-order valence-corrected chi connectivity index (χ3v) is 3.30. The molecule has 1 N–H and O–H groups in total. The van der Waals surface area contributed by atoms with E-state index in [0.29, 0.717) is 10.7 Å². The molecule has 0 aliphatic carbocycles. The second-order valence-corrected chi connectivity index (χ2v) is 5.11. The fraction of sp³-hybridized carbons (Fsp3) is 0.600.